The lowest BCUT2D eigenvalue weighted by molar-refractivity contribution is -0.115. The van der Waals surface area contributed by atoms with Crippen molar-refractivity contribution in [1.29, 1.82) is 0 Å². The van der Waals surface area contributed by atoms with Gasteiger partial charge in [0, 0.05) is 10.6 Å². The molecule has 0 radical (unpaired) electrons. The molecular formula is C28H22ClN3O. The van der Waals surface area contributed by atoms with Gasteiger partial charge in [-0.05, 0) is 47.7 Å². The Kier molecular flexibility index (Phi) is 6.01. The molecule has 4 aromatic rings. The molecule has 0 unspecified atom stereocenters. The number of carbonyl (C=O) groups is 1. The van der Waals surface area contributed by atoms with Crippen molar-refractivity contribution in [3.8, 4) is 11.3 Å². The number of hydrogen-bond donors (Lipinski definition) is 1. The maximum Gasteiger partial charge on any atom is 0.230 e. The molecule has 1 aromatic heterocycles. The summed E-state index contributed by atoms with van der Waals surface area (Å²) < 4.78 is 0. The summed E-state index contributed by atoms with van der Waals surface area (Å²) in [7, 11) is 0. The van der Waals surface area contributed by atoms with Crippen LogP contribution in [0.25, 0.3) is 23.4 Å². The Hall–Kier alpha value is -3.76. The molecule has 1 aliphatic carbocycles. The SMILES string of the molecule is O=C(Cc1ccc(Cl)cc1)Nc1nc2c(nc1C=Cc1ccccc1)-c1ccccc1CC2. The minimum atomic E-state index is -0.142. The molecule has 5 rings (SSSR count). The van der Waals surface area contributed by atoms with Gasteiger partial charge in [-0.2, -0.15) is 0 Å². The Labute approximate surface area is 198 Å². The molecule has 0 fully saturated rings. The van der Waals surface area contributed by atoms with Crippen LogP contribution in [0.15, 0.2) is 78.9 Å². The number of benzene rings is 3. The maximum absolute atomic E-state index is 12.8. The Balaban J connectivity index is 1.50. The molecule has 5 heteroatoms. The van der Waals surface area contributed by atoms with Gasteiger partial charge >= 0.3 is 0 Å². The monoisotopic (exact) mass is 451 g/mol. The highest BCUT2D eigenvalue weighted by Crippen LogP contribution is 2.33. The van der Waals surface area contributed by atoms with Crippen LogP contribution < -0.4 is 5.32 Å². The van der Waals surface area contributed by atoms with Crippen molar-refractivity contribution >= 4 is 35.5 Å². The lowest BCUT2D eigenvalue weighted by Gasteiger charge is -2.20. The molecule has 1 amide bonds. The molecule has 0 atom stereocenters. The van der Waals surface area contributed by atoms with Crippen molar-refractivity contribution in [2.24, 2.45) is 0 Å². The largest absolute Gasteiger partial charge is 0.309 e. The Morgan fingerprint density at radius 3 is 2.45 bits per heavy atom. The molecular weight excluding hydrogens is 430 g/mol. The highest BCUT2D eigenvalue weighted by molar-refractivity contribution is 6.30. The third-order valence-corrected chi connectivity index (χ3v) is 5.92. The van der Waals surface area contributed by atoms with Gasteiger partial charge in [-0.15, -0.1) is 0 Å². The fraction of sp³-hybridized carbons (Fsp3) is 0.107. The highest BCUT2D eigenvalue weighted by atomic mass is 35.5. The van der Waals surface area contributed by atoms with Gasteiger partial charge in [-0.25, -0.2) is 9.97 Å². The van der Waals surface area contributed by atoms with E-state index in [0.29, 0.717) is 16.5 Å². The molecule has 162 valence electrons. The Bertz CT molecular complexity index is 1330. The van der Waals surface area contributed by atoms with Gasteiger partial charge in [-0.3, -0.25) is 4.79 Å². The van der Waals surface area contributed by atoms with Gasteiger partial charge in [0.1, 0.15) is 5.69 Å². The molecule has 33 heavy (non-hydrogen) atoms. The Morgan fingerprint density at radius 2 is 1.64 bits per heavy atom. The molecule has 4 nitrogen and oxygen atoms in total. The van der Waals surface area contributed by atoms with E-state index in [0.717, 1.165) is 40.9 Å². The number of rotatable bonds is 5. The summed E-state index contributed by atoms with van der Waals surface area (Å²) in [4.78, 5) is 22.6. The fourth-order valence-electron chi connectivity index (χ4n) is 4.01. The van der Waals surface area contributed by atoms with E-state index in [4.69, 9.17) is 21.6 Å². The first-order chi connectivity index (χ1) is 16.2. The summed E-state index contributed by atoms with van der Waals surface area (Å²) in [5.74, 6) is 0.344. The van der Waals surface area contributed by atoms with Crippen molar-refractivity contribution in [2.45, 2.75) is 19.3 Å². The number of aryl methyl sites for hydroxylation is 2. The van der Waals surface area contributed by atoms with Gasteiger partial charge in [0.25, 0.3) is 0 Å². The number of aromatic nitrogens is 2. The van der Waals surface area contributed by atoms with E-state index in [2.05, 4.69) is 23.5 Å². The predicted octanol–water partition coefficient (Wildman–Crippen LogP) is 6.25. The van der Waals surface area contributed by atoms with E-state index < -0.39 is 0 Å². The first kappa shape index (κ1) is 21.1. The minimum absolute atomic E-state index is 0.142. The van der Waals surface area contributed by atoms with Crippen LogP contribution in [0.1, 0.15) is 28.1 Å². The molecule has 0 aliphatic heterocycles. The van der Waals surface area contributed by atoms with Crippen LogP contribution in [0.2, 0.25) is 5.02 Å². The van der Waals surface area contributed by atoms with E-state index in [-0.39, 0.29) is 12.3 Å². The third kappa shape index (κ3) is 4.86. The molecule has 0 saturated heterocycles. The summed E-state index contributed by atoms with van der Waals surface area (Å²) in [6, 6.07) is 25.6. The van der Waals surface area contributed by atoms with Crippen molar-refractivity contribution in [2.75, 3.05) is 5.32 Å². The minimum Gasteiger partial charge on any atom is -0.309 e. The molecule has 1 heterocycles. The van der Waals surface area contributed by atoms with E-state index in [9.17, 15) is 4.79 Å². The zero-order chi connectivity index (χ0) is 22.6. The summed E-state index contributed by atoms with van der Waals surface area (Å²) in [6.07, 6.45) is 5.84. The van der Waals surface area contributed by atoms with Crippen LogP contribution in [0.4, 0.5) is 5.82 Å². The molecule has 1 N–H and O–H groups in total. The standard InChI is InChI=1S/C28H22ClN3O/c29-22-14-10-20(11-15-22)18-26(33)32-28-25(16-12-19-6-2-1-3-7-19)30-27-23-9-5-4-8-21(23)13-17-24(27)31-28/h1-12,14-16H,13,17-18H2,(H,31,32,33). The smallest absolute Gasteiger partial charge is 0.230 e. The summed E-state index contributed by atoms with van der Waals surface area (Å²) in [6.45, 7) is 0. The van der Waals surface area contributed by atoms with E-state index in [1.54, 1.807) is 12.1 Å². The van der Waals surface area contributed by atoms with Crippen LogP contribution in [0, 0.1) is 0 Å². The average molecular weight is 452 g/mol. The van der Waals surface area contributed by atoms with Gasteiger partial charge < -0.3 is 5.32 Å². The Morgan fingerprint density at radius 1 is 0.879 bits per heavy atom. The van der Waals surface area contributed by atoms with Crippen molar-refractivity contribution in [3.05, 3.63) is 112 Å². The molecule has 1 aliphatic rings. The number of anilines is 1. The van der Waals surface area contributed by atoms with Gasteiger partial charge in [0.05, 0.1) is 17.8 Å². The lowest BCUT2D eigenvalue weighted by Crippen LogP contribution is -2.19. The maximum atomic E-state index is 12.8. The van der Waals surface area contributed by atoms with E-state index in [1.165, 1.54) is 5.56 Å². The summed E-state index contributed by atoms with van der Waals surface area (Å²) in [5.41, 5.74) is 6.76. The van der Waals surface area contributed by atoms with Crippen LogP contribution in [0.3, 0.4) is 0 Å². The third-order valence-electron chi connectivity index (χ3n) is 5.67. The average Bonchev–Trinajstić information content (AvgIpc) is 2.84. The number of hydrogen-bond acceptors (Lipinski definition) is 3. The molecule has 0 spiro atoms. The zero-order valence-electron chi connectivity index (χ0n) is 18.0. The summed E-state index contributed by atoms with van der Waals surface area (Å²) in [5, 5.41) is 3.63. The van der Waals surface area contributed by atoms with Crippen LogP contribution in [0.5, 0.6) is 0 Å². The fourth-order valence-corrected chi connectivity index (χ4v) is 4.13. The number of carbonyl (C=O) groups excluding carboxylic acids is 1. The first-order valence-electron chi connectivity index (χ1n) is 10.9. The number of nitrogens with one attached hydrogen (secondary N) is 1. The van der Waals surface area contributed by atoms with Gasteiger partial charge in [0.15, 0.2) is 5.82 Å². The van der Waals surface area contributed by atoms with Crippen molar-refractivity contribution in [1.82, 2.24) is 9.97 Å². The van der Waals surface area contributed by atoms with E-state index >= 15 is 0 Å². The van der Waals surface area contributed by atoms with Crippen molar-refractivity contribution in [3.63, 3.8) is 0 Å². The van der Waals surface area contributed by atoms with Crippen LogP contribution in [-0.2, 0) is 24.1 Å². The second kappa shape index (κ2) is 9.39. The zero-order valence-corrected chi connectivity index (χ0v) is 18.7. The number of fused-ring (bicyclic) bond motifs is 3. The first-order valence-corrected chi connectivity index (χ1v) is 11.3. The normalized spacial score (nSPS) is 12.3. The molecule has 0 saturated carbocycles. The second-order valence-corrected chi connectivity index (χ2v) is 8.44. The molecule has 3 aromatic carbocycles. The topological polar surface area (TPSA) is 54.9 Å². The second-order valence-electron chi connectivity index (χ2n) is 8.01. The predicted molar refractivity (Wildman–Crippen MR) is 134 cm³/mol. The lowest BCUT2D eigenvalue weighted by atomic mass is 9.92. The van der Waals surface area contributed by atoms with E-state index in [1.807, 2.05) is 60.7 Å². The number of nitrogens with zero attached hydrogens (tertiary/aromatic N) is 2. The number of halogens is 1. The quantitative estimate of drug-likeness (QED) is 0.390. The highest BCUT2D eigenvalue weighted by Gasteiger charge is 2.21. The summed E-state index contributed by atoms with van der Waals surface area (Å²) >= 11 is 5.96. The van der Waals surface area contributed by atoms with Gasteiger partial charge in [0.2, 0.25) is 5.91 Å². The van der Waals surface area contributed by atoms with Crippen molar-refractivity contribution < 1.29 is 4.79 Å². The van der Waals surface area contributed by atoms with Crippen LogP contribution >= 0.6 is 11.6 Å². The number of amides is 1. The molecule has 0 bridgehead atoms. The van der Waals surface area contributed by atoms with Crippen LogP contribution in [-0.4, -0.2) is 15.9 Å². The van der Waals surface area contributed by atoms with Gasteiger partial charge in [-0.1, -0.05) is 84.4 Å².